The third-order valence-corrected chi connectivity index (χ3v) is 7.24. The number of anilines is 2. The molecule has 152 valence electrons. The maximum Gasteiger partial charge on any atom is 0.316 e. The summed E-state index contributed by atoms with van der Waals surface area (Å²) < 4.78 is 31.5. The molecule has 0 atom stereocenters. The number of nitrogens with zero attached hydrogens (tertiary/aromatic N) is 4. The van der Waals surface area contributed by atoms with Crippen molar-refractivity contribution in [3.05, 3.63) is 29.8 Å². The van der Waals surface area contributed by atoms with E-state index in [0.29, 0.717) is 15.6 Å². The van der Waals surface area contributed by atoms with E-state index in [1.807, 2.05) is 0 Å². The zero-order chi connectivity index (χ0) is 20.9. The molecule has 0 unspecified atom stereocenters. The van der Waals surface area contributed by atoms with Crippen molar-refractivity contribution >= 4 is 56.0 Å². The molecule has 13 heteroatoms. The molecule has 1 aromatic heterocycles. The first-order chi connectivity index (χ1) is 13.1. The Morgan fingerprint density at radius 3 is 2.39 bits per heavy atom. The van der Waals surface area contributed by atoms with Crippen molar-refractivity contribution < 1.29 is 22.7 Å². The van der Waals surface area contributed by atoms with Gasteiger partial charge in [0, 0.05) is 26.7 Å². The molecule has 1 N–H and O–H groups in total. The highest BCUT2D eigenvalue weighted by atomic mass is 32.2. The van der Waals surface area contributed by atoms with E-state index in [9.17, 15) is 18.0 Å². The third kappa shape index (κ3) is 5.41. The standard InChI is InChI=1S/C15H19N5O5S3/c1-19(2)28(23,24)20(3)11-7-5-10(6-8-11)13(22)16-14-17-18-15(27-14)26-9-12(21)25-4/h5-8H,9H2,1-4H3,(H,16,17,22). The topological polar surface area (TPSA) is 122 Å². The monoisotopic (exact) mass is 445 g/mol. The number of aromatic nitrogens is 2. The highest BCUT2D eigenvalue weighted by Crippen LogP contribution is 2.26. The second-order valence-electron chi connectivity index (χ2n) is 5.50. The second-order valence-corrected chi connectivity index (χ2v) is 9.87. The minimum atomic E-state index is -3.61. The summed E-state index contributed by atoms with van der Waals surface area (Å²) in [6.07, 6.45) is 0. The third-order valence-electron chi connectivity index (χ3n) is 3.47. The first-order valence-corrected chi connectivity index (χ1v) is 11.0. The Labute approximate surface area is 171 Å². The largest absolute Gasteiger partial charge is 0.468 e. The van der Waals surface area contributed by atoms with Crippen molar-refractivity contribution in [3.8, 4) is 0 Å². The molecule has 0 aliphatic carbocycles. The number of hydrogen-bond acceptors (Lipinski definition) is 9. The van der Waals surface area contributed by atoms with Crippen molar-refractivity contribution in [2.75, 3.05) is 43.6 Å². The van der Waals surface area contributed by atoms with Crippen LogP contribution in [0.1, 0.15) is 10.4 Å². The van der Waals surface area contributed by atoms with Crippen LogP contribution in [0.5, 0.6) is 0 Å². The molecule has 0 radical (unpaired) electrons. The van der Waals surface area contributed by atoms with E-state index >= 15 is 0 Å². The fourth-order valence-corrected chi connectivity index (χ4v) is 4.33. The second kappa shape index (κ2) is 9.32. The Morgan fingerprint density at radius 2 is 1.82 bits per heavy atom. The molecule has 2 aromatic rings. The zero-order valence-electron chi connectivity index (χ0n) is 15.6. The van der Waals surface area contributed by atoms with Gasteiger partial charge in [-0.3, -0.25) is 19.2 Å². The summed E-state index contributed by atoms with van der Waals surface area (Å²) >= 11 is 2.29. The quantitative estimate of drug-likeness (QED) is 0.367. The summed E-state index contributed by atoms with van der Waals surface area (Å²) in [5.74, 6) is -0.693. The van der Waals surface area contributed by atoms with Crippen LogP contribution in [0.2, 0.25) is 0 Å². The number of amides is 1. The van der Waals surface area contributed by atoms with E-state index in [1.54, 1.807) is 0 Å². The molecule has 1 heterocycles. The van der Waals surface area contributed by atoms with Crippen LogP contribution >= 0.6 is 23.1 Å². The number of hydrogen-bond donors (Lipinski definition) is 1. The zero-order valence-corrected chi connectivity index (χ0v) is 18.0. The molecule has 2 rings (SSSR count). The number of benzene rings is 1. The van der Waals surface area contributed by atoms with Crippen molar-refractivity contribution in [1.29, 1.82) is 0 Å². The van der Waals surface area contributed by atoms with Crippen LogP contribution in [-0.2, 0) is 19.7 Å². The fourth-order valence-electron chi connectivity index (χ4n) is 1.87. The summed E-state index contributed by atoms with van der Waals surface area (Å²) in [6.45, 7) is 0. The lowest BCUT2D eigenvalue weighted by Crippen LogP contribution is -2.37. The van der Waals surface area contributed by atoms with Crippen LogP contribution in [0.15, 0.2) is 28.6 Å². The van der Waals surface area contributed by atoms with Gasteiger partial charge in [-0.05, 0) is 24.3 Å². The lowest BCUT2D eigenvalue weighted by atomic mass is 10.2. The summed E-state index contributed by atoms with van der Waals surface area (Å²) in [6, 6.07) is 6.10. The molecule has 0 aliphatic rings. The van der Waals surface area contributed by atoms with E-state index in [0.717, 1.165) is 31.7 Å². The minimum absolute atomic E-state index is 0.101. The summed E-state index contributed by atoms with van der Waals surface area (Å²) in [5.41, 5.74) is 0.751. The first-order valence-electron chi connectivity index (χ1n) is 7.76. The van der Waals surface area contributed by atoms with E-state index in [-0.39, 0.29) is 16.9 Å². The highest BCUT2D eigenvalue weighted by molar-refractivity contribution is 8.01. The lowest BCUT2D eigenvalue weighted by molar-refractivity contribution is -0.137. The van der Waals surface area contributed by atoms with E-state index in [2.05, 4.69) is 20.3 Å². The lowest BCUT2D eigenvalue weighted by Gasteiger charge is -2.23. The van der Waals surface area contributed by atoms with Gasteiger partial charge in [-0.2, -0.15) is 12.7 Å². The predicted octanol–water partition coefficient (Wildman–Crippen LogP) is 1.30. The van der Waals surface area contributed by atoms with Crippen LogP contribution < -0.4 is 9.62 Å². The number of rotatable bonds is 8. The number of carbonyl (C=O) groups is 2. The normalized spacial score (nSPS) is 11.3. The van der Waals surface area contributed by atoms with Gasteiger partial charge in [0.2, 0.25) is 5.13 Å². The molecule has 0 saturated heterocycles. The van der Waals surface area contributed by atoms with Gasteiger partial charge in [-0.1, -0.05) is 23.1 Å². The van der Waals surface area contributed by atoms with Gasteiger partial charge >= 0.3 is 16.2 Å². The smallest absolute Gasteiger partial charge is 0.316 e. The SMILES string of the molecule is COC(=O)CSc1nnc(NC(=O)c2ccc(N(C)S(=O)(=O)N(C)C)cc2)s1. The minimum Gasteiger partial charge on any atom is -0.468 e. The molecule has 10 nitrogen and oxygen atoms in total. The Balaban J connectivity index is 2.02. The van der Waals surface area contributed by atoms with Gasteiger partial charge in [0.05, 0.1) is 18.6 Å². The average molecular weight is 446 g/mol. The molecular formula is C15H19N5O5S3. The Morgan fingerprint density at radius 1 is 1.18 bits per heavy atom. The van der Waals surface area contributed by atoms with Gasteiger partial charge in [0.15, 0.2) is 4.34 Å². The fraction of sp³-hybridized carbons (Fsp3) is 0.333. The number of ether oxygens (including phenoxy) is 1. The molecule has 1 aromatic carbocycles. The van der Waals surface area contributed by atoms with Gasteiger partial charge in [0.1, 0.15) is 0 Å². The maximum atomic E-state index is 12.3. The Bertz CT molecular complexity index is 943. The van der Waals surface area contributed by atoms with Crippen LogP contribution in [-0.4, -0.2) is 68.8 Å². The number of nitrogens with one attached hydrogen (secondary N) is 1. The number of methoxy groups -OCH3 is 1. The van der Waals surface area contributed by atoms with Gasteiger partial charge in [0.25, 0.3) is 5.91 Å². The van der Waals surface area contributed by atoms with Crippen molar-refractivity contribution in [3.63, 3.8) is 0 Å². The van der Waals surface area contributed by atoms with Gasteiger partial charge < -0.3 is 4.74 Å². The molecule has 0 saturated carbocycles. The number of carbonyl (C=O) groups excluding carboxylic acids is 2. The predicted molar refractivity (Wildman–Crippen MR) is 108 cm³/mol. The molecular weight excluding hydrogens is 426 g/mol. The molecule has 0 aliphatic heterocycles. The summed E-state index contributed by atoms with van der Waals surface area (Å²) in [7, 11) is 2.00. The van der Waals surface area contributed by atoms with Crippen LogP contribution in [0.3, 0.4) is 0 Å². The average Bonchev–Trinajstić information content (AvgIpc) is 3.12. The molecule has 0 bridgehead atoms. The maximum absolute atomic E-state index is 12.3. The molecule has 28 heavy (non-hydrogen) atoms. The van der Waals surface area contributed by atoms with Crippen molar-refractivity contribution in [2.24, 2.45) is 0 Å². The van der Waals surface area contributed by atoms with Crippen molar-refractivity contribution in [1.82, 2.24) is 14.5 Å². The first kappa shape index (κ1) is 22.1. The van der Waals surface area contributed by atoms with Gasteiger partial charge in [-0.25, -0.2) is 0 Å². The number of thioether (sulfide) groups is 1. The summed E-state index contributed by atoms with van der Waals surface area (Å²) in [4.78, 5) is 23.5. The van der Waals surface area contributed by atoms with E-state index in [4.69, 9.17) is 0 Å². The molecule has 0 fully saturated rings. The van der Waals surface area contributed by atoms with Gasteiger partial charge in [-0.15, -0.1) is 10.2 Å². The molecule has 1 amide bonds. The molecule has 0 spiro atoms. The summed E-state index contributed by atoms with van der Waals surface area (Å²) in [5, 5.41) is 10.6. The Hall–Kier alpha value is -2.22. The Kier molecular flexibility index (Phi) is 7.35. The van der Waals surface area contributed by atoms with E-state index in [1.165, 1.54) is 52.5 Å². The van der Waals surface area contributed by atoms with Crippen LogP contribution in [0.25, 0.3) is 0 Å². The highest BCUT2D eigenvalue weighted by Gasteiger charge is 2.21. The van der Waals surface area contributed by atoms with Crippen LogP contribution in [0.4, 0.5) is 10.8 Å². The van der Waals surface area contributed by atoms with Crippen molar-refractivity contribution in [2.45, 2.75) is 4.34 Å². The number of esters is 1. The van der Waals surface area contributed by atoms with E-state index < -0.39 is 16.1 Å². The van der Waals surface area contributed by atoms with Crippen LogP contribution in [0, 0.1) is 0 Å².